The molecule has 0 bridgehead atoms. The van der Waals surface area contributed by atoms with E-state index in [2.05, 4.69) is 207 Å². The molecule has 1 aliphatic carbocycles. The van der Waals surface area contributed by atoms with Gasteiger partial charge in [-0.2, -0.15) is 0 Å². The summed E-state index contributed by atoms with van der Waals surface area (Å²) in [5, 5.41) is 4.73. The van der Waals surface area contributed by atoms with Crippen molar-refractivity contribution in [3.05, 3.63) is 211 Å². The average molecular weight is 798 g/mol. The van der Waals surface area contributed by atoms with Gasteiger partial charge in [0.05, 0.1) is 0 Å². The Bertz CT molecular complexity index is 3480. The molecule has 0 radical (unpaired) electrons. The van der Waals surface area contributed by atoms with Crippen molar-refractivity contribution >= 4 is 60.9 Å². The number of anilines is 3. The molecular formula is C59H43NO2. The van der Waals surface area contributed by atoms with Gasteiger partial charge in [0, 0.05) is 44.0 Å². The molecule has 0 fully saturated rings. The molecule has 0 aliphatic heterocycles. The van der Waals surface area contributed by atoms with E-state index in [4.69, 9.17) is 8.83 Å². The Morgan fingerprint density at radius 2 is 0.935 bits per heavy atom. The molecule has 1 aliphatic rings. The highest BCUT2D eigenvalue weighted by Crippen LogP contribution is 2.58. The number of benzene rings is 9. The third kappa shape index (κ3) is 5.44. The van der Waals surface area contributed by atoms with Crippen LogP contribution in [0.25, 0.3) is 88.4 Å². The van der Waals surface area contributed by atoms with Crippen LogP contribution in [-0.2, 0) is 5.41 Å². The van der Waals surface area contributed by atoms with Crippen LogP contribution in [0, 0.1) is 0 Å². The van der Waals surface area contributed by atoms with E-state index in [0.29, 0.717) is 0 Å². The molecule has 0 saturated heterocycles. The number of fused-ring (bicyclic) bond motifs is 10. The molecule has 2 heterocycles. The number of hydrogen-bond acceptors (Lipinski definition) is 3. The summed E-state index contributed by atoms with van der Waals surface area (Å²) in [7, 11) is 0. The van der Waals surface area contributed by atoms with Crippen LogP contribution >= 0.6 is 0 Å². The maximum absolute atomic E-state index is 6.46. The van der Waals surface area contributed by atoms with Gasteiger partial charge in [0.1, 0.15) is 22.3 Å². The van der Waals surface area contributed by atoms with Crippen molar-refractivity contribution in [3.63, 3.8) is 0 Å². The Labute approximate surface area is 361 Å². The largest absolute Gasteiger partial charge is 0.456 e. The Hall–Kier alpha value is -7.62. The smallest absolute Gasteiger partial charge is 0.136 e. The van der Waals surface area contributed by atoms with Crippen LogP contribution in [0.2, 0.25) is 0 Å². The van der Waals surface area contributed by atoms with E-state index in [-0.39, 0.29) is 5.41 Å². The van der Waals surface area contributed by atoms with Crippen molar-refractivity contribution in [2.45, 2.75) is 32.1 Å². The summed E-state index contributed by atoms with van der Waals surface area (Å²) in [6, 6.07) is 72.2. The van der Waals surface area contributed by atoms with E-state index in [1.807, 2.05) is 12.1 Å². The van der Waals surface area contributed by atoms with Crippen LogP contribution in [0.4, 0.5) is 17.1 Å². The fraction of sp³-hybridized carbons (Fsp3) is 0.0847. The van der Waals surface area contributed by atoms with E-state index < -0.39 is 0 Å². The van der Waals surface area contributed by atoms with E-state index >= 15 is 0 Å². The summed E-state index contributed by atoms with van der Waals surface area (Å²) in [6.45, 7) is 4.69. The summed E-state index contributed by atoms with van der Waals surface area (Å²) in [6.07, 6.45) is 2.02. The molecule has 11 aromatic rings. The van der Waals surface area contributed by atoms with Crippen molar-refractivity contribution in [1.29, 1.82) is 0 Å². The van der Waals surface area contributed by atoms with Crippen LogP contribution < -0.4 is 4.90 Å². The molecule has 0 atom stereocenters. The highest BCUT2D eigenvalue weighted by atomic mass is 16.3. The van der Waals surface area contributed by atoms with Crippen LogP contribution in [0.5, 0.6) is 0 Å². The first-order valence-electron chi connectivity index (χ1n) is 21.8. The summed E-state index contributed by atoms with van der Waals surface area (Å²) in [5.74, 6) is 0. The van der Waals surface area contributed by atoms with E-state index in [1.165, 1.54) is 55.3 Å². The number of hydrogen-bond donors (Lipinski definition) is 0. The van der Waals surface area contributed by atoms with Gasteiger partial charge in [-0.3, -0.25) is 0 Å². The lowest BCUT2D eigenvalue weighted by molar-refractivity contribution is 0.494. The molecule has 0 amide bonds. The van der Waals surface area contributed by atoms with E-state index in [0.717, 1.165) is 74.1 Å². The fourth-order valence-electron chi connectivity index (χ4n) is 10.6. The first-order chi connectivity index (χ1) is 30.6. The van der Waals surface area contributed by atoms with Crippen molar-refractivity contribution < 1.29 is 8.83 Å². The number of para-hydroxylation sites is 2. The van der Waals surface area contributed by atoms with Gasteiger partial charge >= 0.3 is 0 Å². The molecule has 0 saturated carbocycles. The third-order valence-electron chi connectivity index (χ3n) is 13.6. The summed E-state index contributed by atoms with van der Waals surface area (Å²) < 4.78 is 12.7. The average Bonchev–Trinajstić information content (AvgIpc) is 4.01. The topological polar surface area (TPSA) is 29.5 Å². The minimum Gasteiger partial charge on any atom is -0.456 e. The van der Waals surface area contributed by atoms with Gasteiger partial charge in [-0.25, -0.2) is 0 Å². The number of nitrogens with zero attached hydrogens (tertiary/aromatic N) is 1. The summed E-state index contributed by atoms with van der Waals surface area (Å²) >= 11 is 0. The molecule has 296 valence electrons. The zero-order chi connectivity index (χ0) is 41.4. The molecule has 12 rings (SSSR count). The van der Waals surface area contributed by atoms with Crippen LogP contribution in [0.3, 0.4) is 0 Å². The lowest BCUT2D eigenvalue weighted by atomic mass is 9.72. The van der Waals surface area contributed by atoms with Gasteiger partial charge in [-0.15, -0.1) is 0 Å². The van der Waals surface area contributed by atoms with Crippen molar-refractivity contribution in [1.82, 2.24) is 0 Å². The first-order valence-corrected chi connectivity index (χ1v) is 21.8. The second-order valence-corrected chi connectivity index (χ2v) is 16.6. The van der Waals surface area contributed by atoms with E-state index in [1.54, 1.807) is 0 Å². The molecule has 62 heavy (non-hydrogen) atoms. The monoisotopic (exact) mass is 797 g/mol. The van der Waals surface area contributed by atoms with Gasteiger partial charge in [0.15, 0.2) is 0 Å². The van der Waals surface area contributed by atoms with Gasteiger partial charge < -0.3 is 13.7 Å². The molecule has 0 N–H and O–H groups in total. The standard InChI is InChI=1S/C59H43NO2/c1-3-59(4-2)50-23-13-21-45(55(50)49-35-36-54-57(58(49)59)48-20-9-11-25-52(48)62-54)39-27-31-42(32-28-39)60(44-18-12-17-41(37-44)38-15-6-5-7-16-38)43-33-29-40(30-34-43)46-22-14-26-53-56(46)47-19-8-10-24-51(47)61-53/h5-37H,3-4H2,1-2H3. The van der Waals surface area contributed by atoms with Gasteiger partial charge in [0.25, 0.3) is 0 Å². The Balaban J connectivity index is 0.985. The Morgan fingerprint density at radius 3 is 1.63 bits per heavy atom. The molecule has 0 unspecified atom stereocenters. The summed E-state index contributed by atoms with van der Waals surface area (Å²) in [5.41, 5.74) is 19.5. The molecule has 3 heteroatoms. The number of rotatable bonds is 8. The Morgan fingerprint density at radius 1 is 0.387 bits per heavy atom. The van der Waals surface area contributed by atoms with Crippen molar-refractivity contribution in [2.75, 3.05) is 4.90 Å². The quantitative estimate of drug-likeness (QED) is 0.153. The van der Waals surface area contributed by atoms with Gasteiger partial charge in [-0.05, 0) is 129 Å². The maximum Gasteiger partial charge on any atom is 0.136 e. The minimum atomic E-state index is -0.115. The van der Waals surface area contributed by atoms with Crippen LogP contribution in [0.1, 0.15) is 37.8 Å². The van der Waals surface area contributed by atoms with Gasteiger partial charge in [-0.1, -0.05) is 153 Å². The summed E-state index contributed by atoms with van der Waals surface area (Å²) in [4.78, 5) is 2.37. The lowest BCUT2D eigenvalue weighted by Gasteiger charge is -2.30. The van der Waals surface area contributed by atoms with Crippen LogP contribution in [0.15, 0.2) is 209 Å². The van der Waals surface area contributed by atoms with Crippen molar-refractivity contribution in [2.24, 2.45) is 0 Å². The molecule has 2 aromatic heterocycles. The normalized spacial score (nSPS) is 12.9. The highest BCUT2D eigenvalue weighted by molar-refractivity contribution is 6.13. The van der Waals surface area contributed by atoms with Gasteiger partial charge in [0.2, 0.25) is 0 Å². The minimum absolute atomic E-state index is 0.115. The first kappa shape index (κ1) is 36.2. The zero-order valence-corrected chi connectivity index (χ0v) is 34.7. The number of furan rings is 2. The maximum atomic E-state index is 6.46. The lowest BCUT2D eigenvalue weighted by Crippen LogP contribution is -2.23. The predicted molar refractivity (Wildman–Crippen MR) is 259 cm³/mol. The van der Waals surface area contributed by atoms with Crippen LogP contribution in [-0.4, -0.2) is 0 Å². The predicted octanol–water partition coefficient (Wildman–Crippen LogP) is 17.0. The van der Waals surface area contributed by atoms with Crippen molar-refractivity contribution in [3.8, 4) is 44.5 Å². The second-order valence-electron chi connectivity index (χ2n) is 16.6. The molecule has 0 spiro atoms. The zero-order valence-electron chi connectivity index (χ0n) is 34.7. The molecule has 9 aromatic carbocycles. The molecular weight excluding hydrogens is 755 g/mol. The highest BCUT2D eigenvalue weighted by Gasteiger charge is 2.43. The SMILES string of the molecule is CCC1(CC)c2cccc(-c3ccc(N(c4ccc(-c5cccc6oc7ccccc7c56)cc4)c4cccc(-c5ccccc5)c4)cc3)c2-c2ccc3oc4ccccc4c3c21. The fourth-order valence-corrected chi connectivity index (χ4v) is 10.6. The van der Waals surface area contributed by atoms with E-state index in [9.17, 15) is 0 Å². The molecule has 3 nitrogen and oxygen atoms in total. The Kier molecular flexibility index (Phi) is 8.33. The second kappa shape index (κ2) is 14.2. The third-order valence-corrected chi connectivity index (χ3v) is 13.6.